The third-order valence-corrected chi connectivity index (χ3v) is 8.16. The van der Waals surface area contributed by atoms with E-state index in [9.17, 15) is 13.2 Å². The first kappa shape index (κ1) is 23.7. The molecule has 178 valence electrons. The molecule has 2 aromatic carbocycles. The molecule has 0 radical (unpaired) electrons. The molecule has 2 aliphatic heterocycles. The van der Waals surface area contributed by atoms with Crippen LogP contribution in [0.4, 0.5) is 11.4 Å². The molecule has 2 fully saturated rings. The molecule has 1 amide bonds. The first-order valence-electron chi connectivity index (χ1n) is 11.9. The fraction of sp³-hybridized carbons (Fsp3) is 0.480. The van der Waals surface area contributed by atoms with Crippen LogP contribution >= 0.6 is 0 Å². The van der Waals surface area contributed by atoms with Gasteiger partial charge >= 0.3 is 0 Å². The quantitative estimate of drug-likeness (QED) is 0.663. The predicted molar refractivity (Wildman–Crippen MR) is 130 cm³/mol. The highest BCUT2D eigenvalue weighted by Gasteiger charge is 2.28. The van der Waals surface area contributed by atoms with E-state index in [1.165, 1.54) is 15.9 Å². The Hall–Kier alpha value is -2.42. The second kappa shape index (κ2) is 10.7. The minimum Gasteiger partial charge on any atom is -0.378 e. The Morgan fingerprint density at radius 1 is 0.970 bits per heavy atom. The first-order chi connectivity index (χ1) is 16.0. The van der Waals surface area contributed by atoms with Gasteiger partial charge in [-0.05, 0) is 55.2 Å². The summed E-state index contributed by atoms with van der Waals surface area (Å²) in [6.07, 6.45) is 4.84. The molecule has 2 aromatic rings. The molecule has 0 aromatic heterocycles. The van der Waals surface area contributed by atoms with Crippen molar-refractivity contribution in [2.24, 2.45) is 0 Å². The largest absolute Gasteiger partial charge is 0.378 e. The standard InChI is InChI=1S/C25H33N3O4S/c1-2-6-20-7-9-21(10-8-20)26-25(29)23-19-22(33(30,31)28-13-4-3-5-14-28)11-12-24(23)27-15-17-32-18-16-27/h7-12,19H,2-6,13-18H2,1H3,(H,26,29). The van der Waals surface area contributed by atoms with Crippen LogP contribution in [0.3, 0.4) is 0 Å². The van der Waals surface area contributed by atoms with E-state index in [1.807, 2.05) is 24.3 Å². The minimum atomic E-state index is -3.64. The van der Waals surface area contributed by atoms with Crippen molar-refractivity contribution in [3.8, 4) is 0 Å². The van der Waals surface area contributed by atoms with Gasteiger partial charge in [0.2, 0.25) is 10.0 Å². The zero-order valence-corrected chi connectivity index (χ0v) is 20.1. The van der Waals surface area contributed by atoms with Gasteiger partial charge in [-0.25, -0.2) is 8.42 Å². The lowest BCUT2D eigenvalue weighted by Gasteiger charge is -2.31. The number of hydrogen-bond donors (Lipinski definition) is 1. The number of carbonyl (C=O) groups excluding carboxylic acids is 1. The Labute approximate surface area is 196 Å². The molecule has 1 N–H and O–H groups in total. The second-order valence-corrected chi connectivity index (χ2v) is 10.6. The third-order valence-electron chi connectivity index (χ3n) is 6.27. The van der Waals surface area contributed by atoms with Crippen LogP contribution in [-0.4, -0.2) is 58.0 Å². The summed E-state index contributed by atoms with van der Waals surface area (Å²) in [6.45, 7) is 5.65. The van der Waals surface area contributed by atoms with Gasteiger partial charge in [0.05, 0.1) is 23.7 Å². The SMILES string of the molecule is CCCc1ccc(NC(=O)c2cc(S(=O)(=O)N3CCCCC3)ccc2N2CCOCC2)cc1. The van der Waals surface area contributed by atoms with E-state index in [1.54, 1.807) is 12.1 Å². The number of amides is 1. The molecule has 8 heteroatoms. The van der Waals surface area contributed by atoms with E-state index in [4.69, 9.17) is 4.74 Å². The molecule has 2 saturated heterocycles. The van der Waals surface area contributed by atoms with Crippen LogP contribution in [0.1, 0.15) is 48.5 Å². The Balaban J connectivity index is 1.65. The molecule has 0 saturated carbocycles. The Morgan fingerprint density at radius 2 is 1.67 bits per heavy atom. The van der Waals surface area contributed by atoms with Crippen LogP contribution in [0.5, 0.6) is 0 Å². The molecule has 7 nitrogen and oxygen atoms in total. The highest BCUT2D eigenvalue weighted by molar-refractivity contribution is 7.89. The zero-order valence-electron chi connectivity index (χ0n) is 19.3. The van der Waals surface area contributed by atoms with Crippen molar-refractivity contribution in [3.63, 3.8) is 0 Å². The first-order valence-corrected chi connectivity index (χ1v) is 13.3. The summed E-state index contributed by atoms with van der Waals surface area (Å²) in [5.74, 6) is -0.310. The average molecular weight is 472 g/mol. The zero-order chi connectivity index (χ0) is 23.3. The molecule has 0 bridgehead atoms. The molecular formula is C25H33N3O4S. The minimum absolute atomic E-state index is 0.171. The number of benzene rings is 2. The lowest BCUT2D eigenvalue weighted by Crippen LogP contribution is -2.38. The fourth-order valence-electron chi connectivity index (χ4n) is 4.43. The van der Waals surface area contributed by atoms with Gasteiger partial charge in [-0.1, -0.05) is 31.9 Å². The van der Waals surface area contributed by atoms with E-state index in [-0.39, 0.29) is 10.8 Å². The van der Waals surface area contributed by atoms with Gasteiger partial charge < -0.3 is 15.0 Å². The summed E-state index contributed by atoms with van der Waals surface area (Å²) in [4.78, 5) is 15.6. The van der Waals surface area contributed by atoms with Crippen molar-refractivity contribution in [2.75, 3.05) is 49.6 Å². The maximum atomic E-state index is 13.4. The fourth-order valence-corrected chi connectivity index (χ4v) is 5.98. The maximum absolute atomic E-state index is 13.4. The highest BCUT2D eigenvalue weighted by atomic mass is 32.2. The smallest absolute Gasteiger partial charge is 0.257 e. The number of nitrogens with zero attached hydrogens (tertiary/aromatic N) is 2. The van der Waals surface area contributed by atoms with E-state index in [2.05, 4.69) is 17.1 Å². The van der Waals surface area contributed by atoms with Crippen LogP contribution in [0.15, 0.2) is 47.4 Å². The molecule has 2 aliphatic rings. The van der Waals surface area contributed by atoms with E-state index in [0.29, 0.717) is 50.6 Å². The molecular weight excluding hydrogens is 438 g/mol. The summed E-state index contributed by atoms with van der Waals surface area (Å²) < 4.78 is 33.5. The molecule has 0 spiro atoms. The van der Waals surface area contributed by atoms with Gasteiger partial charge in [0.1, 0.15) is 0 Å². The molecule has 0 aliphatic carbocycles. The molecule has 2 heterocycles. The molecule has 0 unspecified atom stereocenters. The van der Waals surface area contributed by atoms with Crippen LogP contribution in [0.2, 0.25) is 0 Å². The van der Waals surface area contributed by atoms with Crippen molar-refractivity contribution in [1.29, 1.82) is 0 Å². The maximum Gasteiger partial charge on any atom is 0.257 e. The number of ether oxygens (including phenoxy) is 1. The summed E-state index contributed by atoms with van der Waals surface area (Å²) in [7, 11) is -3.64. The van der Waals surface area contributed by atoms with Crippen LogP contribution in [0, 0.1) is 0 Å². The van der Waals surface area contributed by atoms with Crippen molar-refractivity contribution >= 4 is 27.3 Å². The van der Waals surface area contributed by atoms with Crippen LogP contribution in [-0.2, 0) is 21.2 Å². The number of morpholine rings is 1. The lowest BCUT2D eigenvalue weighted by molar-refractivity contribution is 0.102. The summed E-state index contributed by atoms with van der Waals surface area (Å²) >= 11 is 0. The lowest BCUT2D eigenvalue weighted by atomic mass is 10.1. The van der Waals surface area contributed by atoms with Crippen LogP contribution in [0.25, 0.3) is 0 Å². The second-order valence-electron chi connectivity index (χ2n) is 8.64. The molecule has 4 rings (SSSR count). The van der Waals surface area contributed by atoms with E-state index < -0.39 is 10.0 Å². The van der Waals surface area contributed by atoms with Crippen molar-refractivity contribution in [1.82, 2.24) is 4.31 Å². The van der Waals surface area contributed by atoms with Crippen LogP contribution < -0.4 is 10.2 Å². The van der Waals surface area contributed by atoms with Gasteiger partial charge in [0, 0.05) is 37.6 Å². The number of carbonyl (C=O) groups is 1. The van der Waals surface area contributed by atoms with Crippen molar-refractivity contribution < 1.29 is 17.9 Å². The van der Waals surface area contributed by atoms with Gasteiger partial charge in [-0.15, -0.1) is 0 Å². The number of nitrogens with one attached hydrogen (secondary N) is 1. The average Bonchev–Trinajstić information content (AvgIpc) is 2.86. The van der Waals surface area contributed by atoms with Crippen molar-refractivity contribution in [2.45, 2.75) is 43.9 Å². The summed E-state index contributed by atoms with van der Waals surface area (Å²) in [6, 6.07) is 12.7. The summed E-state index contributed by atoms with van der Waals surface area (Å²) in [5, 5.41) is 2.96. The molecule has 33 heavy (non-hydrogen) atoms. The monoisotopic (exact) mass is 471 g/mol. The number of piperidine rings is 1. The third kappa shape index (κ3) is 5.57. The number of hydrogen-bond acceptors (Lipinski definition) is 5. The van der Waals surface area contributed by atoms with Gasteiger partial charge in [-0.2, -0.15) is 4.31 Å². The summed E-state index contributed by atoms with van der Waals surface area (Å²) in [5.41, 5.74) is 3.01. The Kier molecular flexibility index (Phi) is 7.67. The molecule has 0 atom stereocenters. The van der Waals surface area contributed by atoms with Gasteiger partial charge in [0.25, 0.3) is 5.91 Å². The number of aryl methyl sites for hydroxylation is 1. The number of anilines is 2. The Morgan fingerprint density at radius 3 is 2.33 bits per heavy atom. The van der Waals surface area contributed by atoms with E-state index >= 15 is 0 Å². The number of sulfonamides is 1. The Bertz CT molecular complexity index is 1060. The van der Waals surface area contributed by atoms with Gasteiger partial charge in [0.15, 0.2) is 0 Å². The normalized spacial score (nSPS) is 17.7. The highest BCUT2D eigenvalue weighted by Crippen LogP contribution is 2.29. The topological polar surface area (TPSA) is 79.0 Å². The number of rotatable bonds is 7. The van der Waals surface area contributed by atoms with Crippen molar-refractivity contribution in [3.05, 3.63) is 53.6 Å². The van der Waals surface area contributed by atoms with E-state index in [0.717, 1.165) is 37.8 Å². The predicted octanol–water partition coefficient (Wildman–Crippen LogP) is 3.90. The van der Waals surface area contributed by atoms with Gasteiger partial charge in [-0.3, -0.25) is 4.79 Å².